The topological polar surface area (TPSA) is 117 Å². The molecule has 0 radical (unpaired) electrons. The third kappa shape index (κ3) is 6.71. The first-order chi connectivity index (χ1) is 11.6. The van der Waals surface area contributed by atoms with E-state index in [0.29, 0.717) is 0 Å². The average molecular weight is 398 g/mol. The number of ether oxygens (including phenoxy) is 4. The Kier molecular flexibility index (Phi) is 8.46. The summed E-state index contributed by atoms with van der Waals surface area (Å²) in [4.78, 5) is 45.5. The lowest BCUT2D eigenvalue weighted by Gasteiger charge is -2.44. The van der Waals surface area contributed by atoms with Gasteiger partial charge in [-0.15, -0.1) is 0 Å². The van der Waals surface area contributed by atoms with Crippen molar-refractivity contribution in [1.29, 1.82) is 0 Å². The van der Waals surface area contributed by atoms with Crippen LogP contribution in [0.2, 0.25) is 0 Å². The Balaban J connectivity index is 3.18. The van der Waals surface area contributed by atoms with Gasteiger partial charge in [-0.2, -0.15) is 0 Å². The van der Waals surface area contributed by atoms with Gasteiger partial charge in [0, 0.05) is 27.7 Å². The van der Waals surface area contributed by atoms with Crippen molar-refractivity contribution in [2.75, 3.05) is 6.61 Å². The van der Waals surface area contributed by atoms with Gasteiger partial charge in [-0.25, -0.2) is 0 Å². The number of amides is 1. The van der Waals surface area contributed by atoms with Gasteiger partial charge in [0.05, 0.1) is 0 Å². The number of rotatable bonds is 6. The second kappa shape index (κ2) is 9.83. The van der Waals surface area contributed by atoms with E-state index in [4.69, 9.17) is 29.6 Å². The van der Waals surface area contributed by atoms with Crippen molar-refractivity contribution in [2.24, 2.45) is 0 Å². The summed E-state index contributed by atoms with van der Waals surface area (Å²) >= 11 is 0. The van der Waals surface area contributed by atoms with Crippen LogP contribution >= 0.6 is 21.7 Å². The van der Waals surface area contributed by atoms with Crippen LogP contribution in [0.4, 0.5) is 0 Å². The fraction of sp³-hybridized carbons (Fsp3) is 0.714. The molecule has 0 aromatic heterocycles. The quantitative estimate of drug-likeness (QED) is 0.505. The lowest BCUT2D eigenvalue weighted by molar-refractivity contribution is -0.211. The summed E-state index contributed by atoms with van der Waals surface area (Å²) in [6.45, 7) is 4.58. The van der Waals surface area contributed by atoms with Crippen molar-refractivity contribution < 1.29 is 38.1 Å². The summed E-state index contributed by atoms with van der Waals surface area (Å²) in [6.07, 6.45) is -3.10. The van der Waals surface area contributed by atoms with Crippen LogP contribution in [-0.2, 0) is 38.1 Å². The van der Waals surface area contributed by atoms with Crippen LogP contribution in [0.1, 0.15) is 27.7 Å². The van der Waals surface area contributed by atoms with Gasteiger partial charge in [-0.1, -0.05) is 0 Å². The highest BCUT2D eigenvalue weighted by molar-refractivity contribution is 8.21. The fourth-order valence-electron chi connectivity index (χ4n) is 2.37. The van der Waals surface area contributed by atoms with Gasteiger partial charge in [-0.3, -0.25) is 19.2 Å². The molecule has 1 heterocycles. The van der Waals surface area contributed by atoms with Crippen molar-refractivity contribution in [3.05, 3.63) is 0 Å². The predicted octanol–water partition coefficient (Wildman–Crippen LogP) is 0.529. The van der Waals surface area contributed by atoms with Crippen LogP contribution < -0.4 is 5.32 Å². The molecule has 0 bridgehead atoms. The Morgan fingerprint density at radius 1 is 1.00 bits per heavy atom. The number of carbonyl (C=O) groups excluding carboxylic acids is 4. The summed E-state index contributed by atoms with van der Waals surface area (Å²) in [5.74, 6) is -2.28. The van der Waals surface area contributed by atoms with Crippen molar-refractivity contribution in [3.8, 4) is 0 Å². The summed E-state index contributed by atoms with van der Waals surface area (Å²) in [5, 5.41) is 2.58. The van der Waals surface area contributed by atoms with Crippen molar-refractivity contribution in [1.82, 2.24) is 5.32 Å². The van der Waals surface area contributed by atoms with Crippen LogP contribution in [0.25, 0.3) is 0 Å². The van der Waals surface area contributed by atoms with E-state index < -0.39 is 53.6 Å². The van der Waals surface area contributed by atoms with Crippen molar-refractivity contribution in [2.45, 2.75) is 57.5 Å². The predicted molar refractivity (Wildman–Crippen MR) is 87.5 cm³/mol. The summed E-state index contributed by atoms with van der Waals surface area (Å²) in [6, 6.07) is -0.873. The first-order valence-electron chi connectivity index (χ1n) is 7.33. The zero-order valence-electron chi connectivity index (χ0n) is 14.1. The number of esters is 3. The minimum Gasteiger partial charge on any atom is -0.463 e. The molecule has 0 aliphatic carbocycles. The van der Waals surface area contributed by atoms with E-state index in [2.05, 4.69) is 5.32 Å². The highest BCUT2D eigenvalue weighted by Crippen LogP contribution is 2.33. The Morgan fingerprint density at radius 3 is 2.00 bits per heavy atom. The Bertz CT molecular complexity index is 531. The Labute approximate surface area is 153 Å². The third-order valence-electron chi connectivity index (χ3n) is 3.16. The molecular weight excluding hydrogens is 378 g/mol. The molecule has 0 spiro atoms. The molecule has 25 heavy (non-hydrogen) atoms. The van der Waals surface area contributed by atoms with Crippen molar-refractivity contribution in [3.63, 3.8) is 0 Å². The lowest BCUT2D eigenvalue weighted by Crippen LogP contribution is -2.65. The van der Waals surface area contributed by atoms with Crippen molar-refractivity contribution >= 4 is 45.5 Å². The number of hydrogen-bond donors (Lipinski definition) is 1. The van der Waals surface area contributed by atoms with Gasteiger partial charge >= 0.3 is 17.9 Å². The summed E-state index contributed by atoms with van der Waals surface area (Å²) in [7, 11) is 6.57. The van der Waals surface area contributed by atoms with Gasteiger partial charge < -0.3 is 24.3 Å². The largest absolute Gasteiger partial charge is 0.463 e. The number of hydrogen-bond acceptors (Lipinski definition) is 9. The molecule has 9 nitrogen and oxygen atoms in total. The van der Waals surface area contributed by atoms with Crippen LogP contribution in [0.3, 0.4) is 0 Å². The average Bonchev–Trinajstić information content (AvgIpc) is 2.48. The molecule has 0 unspecified atom stereocenters. The molecular formula is C14H20ClNO8S. The van der Waals surface area contributed by atoms with Gasteiger partial charge in [0.15, 0.2) is 12.2 Å². The molecule has 142 valence electrons. The third-order valence-corrected chi connectivity index (χ3v) is 4.27. The second-order valence-corrected chi connectivity index (χ2v) is 6.49. The zero-order chi connectivity index (χ0) is 19.1. The second-order valence-electron chi connectivity index (χ2n) is 5.31. The fourth-order valence-corrected chi connectivity index (χ4v) is 3.34. The number of halogens is 1. The molecule has 1 N–H and O–H groups in total. The number of carbonyl (C=O) groups is 4. The molecule has 1 aliphatic rings. The Morgan fingerprint density at radius 2 is 1.56 bits per heavy atom. The van der Waals surface area contributed by atoms with E-state index in [1.807, 2.05) is 0 Å². The molecule has 11 heteroatoms. The summed E-state index contributed by atoms with van der Waals surface area (Å²) < 4.78 is 21.1. The first-order valence-corrected chi connectivity index (χ1v) is 9.04. The molecule has 0 saturated carbocycles. The molecule has 0 aromatic carbocycles. The van der Waals surface area contributed by atoms with E-state index in [1.165, 1.54) is 27.7 Å². The highest BCUT2D eigenvalue weighted by Gasteiger charge is 2.50. The van der Waals surface area contributed by atoms with E-state index in [1.54, 1.807) is 0 Å². The number of nitrogens with one attached hydrogen (secondary N) is 1. The van der Waals surface area contributed by atoms with Crippen LogP contribution in [0, 0.1) is 0 Å². The molecule has 0 aromatic rings. The zero-order valence-corrected chi connectivity index (χ0v) is 15.7. The molecule has 1 rings (SSSR count). The molecule has 1 fully saturated rings. The SMILES string of the molecule is CC(=O)N[C@@H]1[C@@H](OC(C)=O)[C@H](OC(C)=O)[C@@H](COC(C)=O)O[C@@H]1SCl. The lowest BCUT2D eigenvalue weighted by atomic mass is 9.97. The Hall–Kier alpha value is -1.52. The maximum Gasteiger partial charge on any atom is 0.303 e. The first kappa shape index (κ1) is 21.5. The van der Waals surface area contributed by atoms with Crippen LogP contribution in [-0.4, -0.2) is 60.2 Å². The molecule has 1 aliphatic heterocycles. The monoisotopic (exact) mass is 397 g/mol. The normalized spacial score (nSPS) is 28.6. The van der Waals surface area contributed by atoms with Crippen LogP contribution in [0.15, 0.2) is 0 Å². The van der Waals surface area contributed by atoms with Crippen LogP contribution in [0.5, 0.6) is 0 Å². The molecule has 1 amide bonds. The van der Waals surface area contributed by atoms with E-state index in [-0.39, 0.29) is 6.61 Å². The minimum atomic E-state index is -1.10. The smallest absolute Gasteiger partial charge is 0.303 e. The summed E-state index contributed by atoms with van der Waals surface area (Å²) in [5.41, 5.74) is -0.831. The maximum absolute atomic E-state index is 11.5. The van der Waals surface area contributed by atoms with E-state index in [0.717, 1.165) is 11.0 Å². The van der Waals surface area contributed by atoms with E-state index in [9.17, 15) is 19.2 Å². The highest BCUT2D eigenvalue weighted by atomic mass is 35.7. The van der Waals surface area contributed by atoms with Gasteiger partial charge in [0.25, 0.3) is 0 Å². The van der Waals surface area contributed by atoms with Gasteiger partial charge in [0.1, 0.15) is 24.2 Å². The van der Waals surface area contributed by atoms with E-state index >= 15 is 0 Å². The minimum absolute atomic E-state index is 0.244. The molecule has 1 saturated heterocycles. The maximum atomic E-state index is 11.5. The van der Waals surface area contributed by atoms with Gasteiger partial charge in [-0.05, 0) is 21.7 Å². The standard InChI is InChI=1S/C14H20ClNO8S/c1-6(17)16-11-13(23-9(4)20)12(22-8(3)19)10(5-21-7(2)18)24-14(11)25-15/h10-14H,5H2,1-4H3,(H,16,17)/t10-,11-,12-,13-,14-/m1/s1. The molecule has 5 atom stereocenters. The van der Waals surface area contributed by atoms with Gasteiger partial charge in [0.2, 0.25) is 5.91 Å².